The van der Waals surface area contributed by atoms with Crippen LogP contribution in [0.15, 0.2) is 65.3 Å². The van der Waals surface area contributed by atoms with Gasteiger partial charge >= 0.3 is 6.18 Å². The van der Waals surface area contributed by atoms with Crippen molar-refractivity contribution in [2.75, 3.05) is 31.0 Å². The molecule has 2 amide bonds. The lowest BCUT2D eigenvalue weighted by Gasteiger charge is -2.15. The molecule has 0 fully saturated rings. The Morgan fingerprint density at radius 2 is 1.72 bits per heavy atom. The van der Waals surface area contributed by atoms with E-state index in [1.807, 2.05) is 0 Å². The van der Waals surface area contributed by atoms with Crippen molar-refractivity contribution in [3.8, 4) is 5.75 Å². The summed E-state index contributed by atoms with van der Waals surface area (Å²) in [5.41, 5.74) is -0.481. The summed E-state index contributed by atoms with van der Waals surface area (Å²) >= 11 is 0. The van der Waals surface area contributed by atoms with Gasteiger partial charge in [-0.3, -0.25) is 9.59 Å². The Kier molecular flexibility index (Phi) is 7.16. The number of halogens is 3. The number of alkyl halides is 3. The van der Waals surface area contributed by atoms with E-state index < -0.39 is 23.6 Å². The van der Waals surface area contributed by atoms with Crippen molar-refractivity contribution >= 4 is 23.2 Å². The van der Waals surface area contributed by atoms with Gasteiger partial charge in [0.2, 0.25) is 0 Å². The molecule has 0 unspecified atom stereocenters. The third-order valence-corrected chi connectivity index (χ3v) is 4.25. The van der Waals surface area contributed by atoms with Crippen LogP contribution in [-0.2, 0) is 10.9 Å². The van der Waals surface area contributed by atoms with Gasteiger partial charge in [-0.2, -0.15) is 13.2 Å². The number of furan rings is 1. The normalized spacial score (nSPS) is 11.1. The van der Waals surface area contributed by atoms with Gasteiger partial charge in [0, 0.05) is 18.4 Å². The molecule has 1 heterocycles. The topological polar surface area (TPSA) is 89.8 Å². The molecule has 10 heteroatoms. The predicted molar refractivity (Wildman–Crippen MR) is 110 cm³/mol. The summed E-state index contributed by atoms with van der Waals surface area (Å²) in [6.45, 7) is 0.314. The zero-order valence-electron chi connectivity index (χ0n) is 16.9. The monoisotopic (exact) mass is 448 g/mol. The molecule has 0 bridgehead atoms. The summed E-state index contributed by atoms with van der Waals surface area (Å²) in [7, 11) is 1.46. The van der Waals surface area contributed by atoms with Crippen LogP contribution in [-0.4, -0.2) is 32.1 Å². The minimum absolute atomic E-state index is 0.0748. The van der Waals surface area contributed by atoms with Crippen LogP contribution in [0.25, 0.3) is 0 Å². The first-order valence-electron chi connectivity index (χ1n) is 9.37. The second-order valence-electron chi connectivity index (χ2n) is 6.51. The molecule has 0 aliphatic heterocycles. The summed E-state index contributed by atoms with van der Waals surface area (Å²) in [5.74, 6) is -0.915. The lowest BCUT2D eigenvalue weighted by molar-refractivity contribution is -0.137. The van der Waals surface area contributed by atoms with E-state index in [1.54, 1.807) is 6.07 Å². The third kappa shape index (κ3) is 5.88. The standard InChI is InChI=1S/C22H19F3N2O5/c1-30-11-12-32-18-9-6-15(22(23,24)25)13-17(18)27-20(28)14-4-7-16(8-5-14)26-21(29)19-3-2-10-31-19/h2-10,13H,11-12H2,1H3,(H,26,29)(H,27,28). The number of rotatable bonds is 8. The maximum Gasteiger partial charge on any atom is 0.416 e. The fourth-order valence-electron chi connectivity index (χ4n) is 2.66. The van der Waals surface area contributed by atoms with Crippen molar-refractivity contribution in [3.05, 3.63) is 77.7 Å². The second kappa shape index (κ2) is 10.0. The molecule has 3 rings (SSSR count). The van der Waals surface area contributed by atoms with Crippen molar-refractivity contribution < 1.29 is 36.7 Å². The van der Waals surface area contributed by atoms with Crippen LogP contribution in [0.4, 0.5) is 24.5 Å². The lowest BCUT2D eigenvalue weighted by atomic mass is 10.1. The summed E-state index contributed by atoms with van der Waals surface area (Å²) in [6.07, 6.45) is -3.22. The Labute approximate surface area is 181 Å². The maximum absolute atomic E-state index is 13.1. The van der Waals surface area contributed by atoms with E-state index in [-0.39, 0.29) is 36.0 Å². The molecule has 0 spiro atoms. The van der Waals surface area contributed by atoms with E-state index in [0.717, 1.165) is 18.2 Å². The number of hydrogen-bond acceptors (Lipinski definition) is 5. The molecular formula is C22H19F3N2O5. The van der Waals surface area contributed by atoms with E-state index in [1.165, 1.54) is 43.7 Å². The van der Waals surface area contributed by atoms with Gasteiger partial charge < -0.3 is 24.5 Å². The van der Waals surface area contributed by atoms with Crippen LogP contribution in [0.3, 0.4) is 0 Å². The van der Waals surface area contributed by atoms with Crippen molar-refractivity contribution in [2.24, 2.45) is 0 Å². The molecule has 168 valence electrons. The Morgan fingerprint density at radius 1 is 0.969 bits per heavy atom. The van der Waals surface area contributed by atoms with E-state index in [4.69, 9.17) is 13.9 Å². The highest BCUT2D eigenvalue weighted by Crippen LogP contribution is 2.35. The van der Waals surface area contributed by atoms with Crippen molar-refractivity contribution in [3.63, 3.8) is 0 Å². The molecule has 0 aliphatic rings. The first kappa shape index (κ1) is 22.9. The largest absolute Gasteiger partial charge is 0.489 e. The highest BCUT2D eigenvalue weighted by Gasteiger charge is 2.31. The molecule has 0 radical (unpaired) electrons. The van der Waals surface area contributed by atoms with Crippen molar-refractivity contribution in [2.45, 2.75) is 6.18 Å². The summed E-state index contributed by atoms with van der Waals surface area (Å²) in [6, 6.07) is 11.7. The molecule has 3 aromatic rings. The number of amides is 2. The molecule has 7 nitrogen and oxygen atoms in total. The van der Waals surface area contributed by atoms with Gasteiger partial charge in [-0.25, -0.2) is 0 Å². The molecule has 0 atom stereocenters. The van der Waals surface area contributed by atoms with Gasteiger partial charge in [-0.15, -0.1) is 0 Å². The Balaban J connectivity index is 1.74. The van der Waals surface area contributed by atoms with Crippen LogP contribution >= 0.6 is 0 Å². The number of benzene rings is 2. The number of ether oxygens (including phenoxy) is 2. The highest BCUT2D eigenvalue weighted by molar-refractivity contribution is 6.06. The first-order valence-corrected chi connectivity index (χ1v) is 9.37. The maximum atomic E-state index is 13.1. The fraction of sp³-hybridized carbons (Fsp3) is 0.182. The number of hydrogen-bond donors (Lipinski definition) is 2. The quantitative estimate of drug-likeness (QED) is 0.482. The van der Waals surface area contributed by atoms with Crippen LogP contribution in [0.1, 0.15) is 26.5 Å². The number of carbonyl (C=O) groups is 2. The fourth-order valence-corrected chi connectivity index (χ4v) is 2.66. The van der Waals surface area contributed by atoms with E-state index in [0.29, 0.717) is 5.69 Å². The molecule has 0 saturated heterocycles. The van der Waals surface area contributed by atoms with Crippen molar-refractivity contribution in [1.82, 2.24) is 0 Å². The van der Waals surface area contributed by atoms with E-state index in [2.05, 4.69) is 10.6 Å². The Morgan fingerprint density at radius 3 is 2.34 bits per heavy atom. The van der Waals surface area contributed by atoms with Crippen LogP contribution in [0.5, 0.6) is 5.75 Å². The predicted octanol–water partition coefficient (Wildman–Crippen LogP) is 4.83. The smallest absolute Gasteiger partial charge is 0.416 e. The zero-order chi connectivity index (χ0) is 23.1. The van der Waals surface area contributed by atoms with Crippen LogP contribution < -0.4 is 15.4 Å². The summed E-state index contributed by atoms with van der Waals surface area (Å²) in [5, 5.41) is 5.04. The summed E-state index contributed by atoms with van der Waals surface area (Å²) < 4.78 is 54.6. The SMILES string of the molecule is COCCOc1ccc(C(F)(F)F)cc1NC(=O)c1ccc(NC(=O)c2ccco2)cc1. The minimum Gasteiger partial charge on any atom is -0.489 e. The average molecular weight is 448 g/mol. The highest BCUT2D eigenvalue weighted by atomic mass is 19.4. The van der Waals surface area contributed by atoms with E-state index >= 15 is 0 Å². The Bertz CT molecular complexity index is 1060. The summed E-state index contributed by atoms with van der Waals surface area (Å²) in [4.78, 5) is 24.6. The zero-order valence-corrected chi connectivity index (χ0v) is 16.9. The van der Waals surface area contributed by atoms with Gasteiger partial charge in [0.15, 0.2) is 5.76 Å². The minimum atomic E-state index is -4.58. The molecule has 1 aromatic heterocycles. The van der Waals surface area contributed by atoms with E-state index in [9.17, 15) is 22.8 Å². The first-order chi connectivity index (χ1) is 15.3. The number of anilines is 2. The molecule has 0 saturated carbocycles. The van der Waals surface area contributed by atoms with Gasteiger partial charge in [0.25, 0.3) is 11.8 Å². The number of nitrogens with one attached hydrogen (secondary N) is 2. The van der Waals surface area contributed by atoms with Gasteiger partial charge in [0.1, 0.15) is 12.4 Å². The Hall–Kier alpha value is -3.79. The van der Waals surface area contributed by atoms with Gasteiger partial charge in [0.05, 0.1) is 24.1 Å². The molecule has 0 aliphatic carbocycles. The number of methoxy groups -OCH3 is 1. The molecular weight excluding hydrogens is 429 g/mol. The van der Waals surface area contributed by atoms with Gasteiger partial charge in [-0.05, 0) is 54.6 Å². The third-order valence-electron chi connectivity index (χ3n) is 4.25. The molecule has 32 heavy (non-hydrogen) atoms. The van der Waals surface area contributed by atoms with Crippen LogP contribution in [0, 0.1) is 0 Å². The second-order valence-corrected chi connectivity index (χ2v) is 6.51. The molecule has 2 N–H and O–H groups in total. The van der Waals surface area contributed by atoms with Crippen molar-refractivity contribution in [1.29, 1.82) is 0 Å². The molecule has 2 aromatic carbocycles. The number of carbonyl (C=O) groups excluding carboxylic acids is 2. The van der Waals surface area contributed by atoms with Gasteiger partial charge in [-0.1, -0.05) is 0 Å². The van der Waals surface area contributed by atoms with Crippen LogP contribution in [0.2, 0.25) is 0 Å². The average Bonchev–Trinajstić information content (AvgIpc) is 3.30. The lowest BCUT2D eigenvalue weighted by Crippen LogP contribution is -2.16.